The highest BCUT2D eigenvalue weighted by Gasteiger charge is 2.26. The molecular formula is C78H48N2. The van der Waals surface area contributed by atoms with Crippen molar-refractivity contribution in [3.63, 3.8) is 0 Å². The van der Waals surface area contributed by atoms with Crippen LogP contribution in [0.2, 0.25) is 0 Å². The summed E-state index contributed by atoms with van der Waals surface area (Å²) in [7, 11) is 0. The van der Waals surface area contributed by atoms with Crippen LogP contribution in [-0.2, 0) is 0 Å². The highest BCUT2D eigenvalue weighted by Crippen LogP contribution is 2.53. The summed E-state index contributed by atoms with van der Waals surface area (Å²) in [6.07, 6.45) is 0. The standard InChI is InChI=1S/C78H48N2/c1-3-23-57(24-4-1)79(71-29-13-17-49-15-7-9-27-61(49)71)59-39-45-67-69(47-59)77(65-43-37-55-33-31-51-19-11-21-53-35-41-63(65)75(55)73(51)53)68-46-40-60(80(58-25-5-2-6-26-58)72-30-14-18-50-16-8-10-28-62(50)72)48-70(68)78(67)66-44-38-56-34-32-52-20-12-22-54-36-42-64(66)76(56)74(52)54/h1-48H. The van der Waals surface area contributed by atoms with Crippen LogP contribution < -0.4 is 9.80 Å². The Labute approximate surface area is 462 Å². The fourth-order valence-electron chi connectivity index (χ4n) is 13.8. The van der Waals surface area contributed by atoms with Crippen LogP contribution in [0.5, 0.6) is 0 Å². The van der Waals surface area contributed by atoms with Crippen molar-refractivity contribution in [3.05, 3.63) is 291 Å². The van der Waals surface area contributed by atoms with Gasteiger partial charge in [-0.15, -0.1) is 0 Å². The Hall–Kier alpha value is -10.5. The lowest BCUT2D eigenvalue weighted by Gasteiger charge is -2.29. The average molecular weight is 1010 g/mol. The Balaban J connectivity index is 1.05. The Morgan fingerprint density at radius 1 is 0.175 bits per heavy atom. The third-order valence-corrected chi connectivity index (χ3v) is 17.2. The fraction of sp³-hybridized carbons (Fsp3) is 0. The van der Waals surface area contributed by atoms with Crippen LogP contribution in [0.4, 0.5) is 34.1 Å². The second kappa shape index (κ2) is 17.5. The summed E-state index contributed by atoms with van der Waals surface area (Å²) in [5.74, 6) is 0. The van der Waals surface area contributed by atoms with E-state index >= 15 is 0 Å². The summed E-state index contributed by atoms with van der Waals surface area (Å²) in [4.78, 5) is 4.92. The lowest BCUT2D eigenvalue weighted by molar-refractivity contribution is 1.30. The van der Waals surface area contributed by atoms with Gasteiger partial charge in [-0.2, -0.15) is 0 Å². The number of benzene rings is 17. The van der Waals surface area contributed by atoms with Crippen LogP contribution in [-0.4, -0.2) is 0 Å². The number of anilines is 6. The molecule has 2 heteroatoms. The van der Waals surface area contributed by atoms with E-state index in [1.165, 1.54) is 130 Å². The summed E-state index contributed by atoms with van der Waals surface area (Å²) in [5, 5.41) is 24.8. The Bertz CT molecular complexity index is 4940. The van der Waals surface area contributed by atoms with Gasteiger partial charge in [0.05, 0.1) is 11.4 Å². The van der Waals surface area contributed by atoms with Crippen molar-refractivity contribution in [1.82, 2.24) is 0 Å². The number of para-hydroxylation sites is 2. The van der Waals surface area contributed by atoms with Gasteiger partial charge in [0.15, 0.2) is 0 Å². The van der Waals surface area contributed by atoms with Crippen LogP contribution in [0.15, 0.2) is 291 Å². The molecule has 0 aromatic heterocycles. The summed E-state index contributed by atoms with van der Waals surface area (Å²) in [6.45, 7) is 0. The van der Waals surface area contributed by atoms with Gasteiger partial charge < -0.3 is 9.80 Å². The summed E-state index contributed by atoms with van der Waals surface area (Å²) >= 11 is 0. The number of rotatable bonds is 8. The van der Waals surface area contributed by atoms with Crippen molar-refractivity contribution in [3.8, 4) is 22.3 Å². The second-order valence-corrected chi connectivity index (χ2v) is 21.5. The predicted octanol–water partition coefficient (Wildman–Crippen LogP) is 22.4. The van der Waals surface area contributed by atoms with Crippen LogP contribution in [0.3, 0.4) is 0 Å². The smallest absolute Gasteiger partial charge is 0.0540 e. The van der Waals surface area contributed by atoms with E-state index in [1.807, 2.05) is 0 Å². The van der Waals surface area contributed by atoms with E-state index in [0.29, 0.717) is 0 Å². The van der Waals surface area contributed by atoms with Gasteiger partial charge in [0.2, 0.25) is 0 Å². The molecule has 17 aromatic carbocycles. The third-order valence-electron chi connectivity index (χ3n) is 17.2. The molecule has 0 aliphatic carbocycles. The molecule has 17 aromatic rings. The van der Waals surface area contributed by atoms with Gasteiger partial charge in [0.1, 0.15) is 0 Å². The first-order valence-corrected chi connectivity index (χ1v) is 27.7. The zero-order valence-electron chi connectivity index (χ0n) is 43.6. The van der Waals surface area contributed by atoms with Gasteiger partial charge in [0, 0.05) is 33.5 Å². The average Bonchev–Trinajstić information content (AvgIpc) is 3.53. The first kappa shape index (κ1) is 44.6. The van der Waals surface area contributed by atoms with Crippen molar-refractivity contribution < 1.29 is 0 Å². The van der Waals surface area contributed by atoms with Crippen molar-refractivity contribution in [2.75, 3.05) is 9.80 Å². The molecule has 0 saturated carbocycles. The number of nitrogens with zero attached hydrogens (tertiary/aromatic N) is 2. The van der Waals surface area contributed by atoms with Crippen molar-refractivity contribution in [2.24, 2.45) is 0 Å². The molecule has 0 amide bonds. The second-order valence-electron chi connectivity index (χ2n) is 21.5. The minimum atomic E-state index is 1.09. The quantitative estimate of drug-likeness (QED) is 0.111. The van der Waals surface area contributed by atoms with E-state index < -0.39 is 0 Å². The SMILES string of the molecule is c1ccc(N(c2ccc3c(-c4ccc5ccc6cccc7ccc4c5c67)c4cc(N(c5ccccc5)c5cccc6ccccc56)ccc4c(-c4ccc5ccc6cccc7ccc4c5c67)c3c2)c2cccc3ccccc23)cc1. The predicted molar refractivity (Wildman–Crippen MR) is 344 cm³/mol. The van der Waals surface area contributed by atoms with Gasteiger partial charge >= 0.3 is 0 Å². The van der Waals surface area contributed by atoms with Crippen LogP contribution in [0, 0.1) is 0 Å². The molecule has 0 fully saturated rings. The van der Waals surface area contributed by atoms with E-state index in [2.05, 4.69) is 301 Å². The molecule has 2 nitrogen and oxygen atoms in total. The van der Waals surface area contributed by atoms with Gasteiger partial charge in [-0.3, -0.25) is 0 Å². The van der Waals surface area contributed by atoms with E-state index in [4.69, 9.17) is 0 Å². The highest BCUT2D eigenvalue weighted by atomic mass is 15.1. The van der Waals surface area contributed by atoms with E-state index in [9.17, 15) is 0 Å². The third kappa shape index (κ3) is 6.66. The summed E-state index contributed by atoms with van der Waals surface area (Å²) in [6, 6.07) is 109. The molecule has 0 N–H and O–H groups in total. The fourth-order valence-corrected chi connectivity index (χ4v) is 13.8. The number of fused-ring (bicyclic) bond motifs is 4. The van der Waals surface area contributed by atoms with Gasteiger partial charge in [0.25, 0.3) is 0 Å². The van der Waals surface area contributed by atoms with Crippen LogP contribution >= 0.6 is 0 Å². The zero-order chi connectivity index (χ0) is 52.4. The summed E-state index contributed by atoms with van der Waals surface area (Å²) in [5.41, 5.74) is 11.5. The highest BCUT2D eigenvalue weighted by molar-refractivity contribution is 6.33. The molecule has 80 heavy (non-hydrogen) atoms. The lowest BCUT2D eigenvalue weighted by atomic mass is 9.81. The topological polar surface area (TPSA) is 6.48 Å². The Morgan fingerprint density at radius 2 is 0.500 bits per heavy atom. The molecule has 370 valence electrons. The van der Waals surface area contributed by atoms with Crippen LogP contribution in [0.25, 0.3) is 130 Å². The minimum absolute atomic E-state index is 1.09. The number of hydrogen-bond donors (Lipinski definition) is 0. The van der Waals surface area contributed by atoms with Crippen molar-refractivity contribution in [1.29, 1.82) is 0 Å². The zero-order valence-corrected chi connectivity index (χ0v) is 43.6. The van der Waals surface area contributed by atoms with Crippen molar-refractivity contribution >= 4 is 142 Å². The molecule has 0 radical (unpaired) electrons. The van der Waals surface area contributed by atoms with Gasteiger partial charge in [-0.05, 0) is 180 Å². The first-order valence-electron chi connectivity index (χ1n) is 27.7. The molecule has 0 atom stereocenters. The maximum Gasteiger partial charge on any atom is 0.0540 e. The van der Waals surface area contributed by atoms with Gasteiger partial charge in [-0.25, -0.2) is 0 Å². The maximum absolute atomic E-state index is 2.50. The minimum Gasteiger partial charge on any atom is -0.310 e. The van der Waals surface area contributed by atoms with Crippen molar-refractivity contribution in [2.45, 2.75) is 0 Å². The summed E-state index contributed by atoms with van der Waals surface area (Å²) < 4.78 is 0. The molecule has 0 heterocycles. The largest absolute Gasteiger partial charge is 0.310 e. The molecule has 0 aliphatic heterocycles. The molecule has 0 bridgehead atoms. The molecule has 17 rings (SSSR count). The lowest BCUT2D eigenvalue weighted by Crippen LogP contribution is -2.11. The molecule has 0 saturated heterocycles. The van der Waals surface area contributed by atoms with E-state index in [0.717, 1.165) is 34.1 Å². The van der Waals surface area contributed by atoms with E-state index in [1.54, 1.807) is 0 Å². The Morgan fingerprint density at radius 3 is 0.938 bits per heavy atom. The van der Waals surface area contributed by atoms with Gasteiger partial charge in [-0.1, -0.05) is 231 Å². The number of hydrogen-bond acceptors (Lipinski definition) is 2. The molecule has 0 unspecified atom stereocenters. The Kier molecular flexibility index (Phi) is 9.75. The first-order chi connectivity index (χ1) is 39.7. The maximum atomic E-state index is 2.50. The van der Waals surface area contributed by atoms with Crippen LogP contribution in [0.1, 0.15) is 0 Å². The normalized spacial score (nSPS) is 12.0. The molecule has 0 spiro atoms. The monoisotopic (exact) mass is 1010 g/mol. The molecular weight excluding hydrogens is 965 g/mol. The molecule has 0 aliphatic rings. The van der Waals surface area contributed by atoms with E-state index in [-0.39, 0.29) is 0 Å².